The van der Waals surface area contributed by atoms with Crippen molar-refractivity contribution in [2.45, 2.75) is 27.0 Å². The topological polar surface area (TPSA) is 44.1 Å². The average molecular weight is 394 g/mol. The van der Waals surface area contributed by atoms with E-state index in [0.717, 1.165) is 21.5 Å². The van der Waals surface area contributed by atoms with Crippen LogP contribution in [0.3, 0.4) is 0 Å². The second kappa shape index (κ2) is 7.56. The van der Waals surface area contributed by atoms with E-state index in [1.165, 1.54) is 23.0 Å². The highest BCUT2D eigenvalue weighted by Gasteiger charge is 2.18. The number of aryl methyl sites for hydroxylation is 2. The number of fused-ring (bicyclic) bond motifs is 1. The van der Waals surface area contributed by atoms with Crippen molar-refractivity contribution in [3.63, 3.8) is 0 Å². The molecule has 2 heterocycles. The number of benzene rings is 2. The number of hydrogen-bond donors (Lipinski definition) is 0. The number of rotatable bonds is 5. The van der Waals surface area contributed by atoms with Crippen LogP contribution in [0.5, 0.6) is 0 Å². The number of nitrogens with zero attached hydrogens (tertiary/aromatic N) is 2. The molecule has 0 amide bonds. The predicted molar refractivity (Wildman–Crippen MR) is 108 cm³/mol. The van der Waals surface area contributed by atoms with Crippen molar-refractivity contribution in [2.75, 3.05) is 0 Å². The van der Waals surface area contributed by atoms with Gasteiger partial charge in [-0.2, -0.15) is 5.10 Å². The molecular weight excluding hydrogens is 375 g/mol. The molecule has 4 nitrogen and oxygen atoms in total. The molecule has 0 N–H and O–H groups in total. The molecule has 0 atom stereocenters. The number of aromatic nitrogens is 2. The van der Waals surface area contributed by atoms with Crippen molar-refractivity contribution >= 4 is 27.5 Å². The molecular formula is C22H19FN2O2S. The number of halogens is 1. The monoisotopic (exact) mass is 394 g/mol. The maximum Gasteiger partial charge on any atom is 0.348 e. The molecule has 4 rings (SSSR count). The van der Waals surface area contributed by atoms with E-state index in [1.807, 2.05) is 11.6 Å². The van der Waals surface area contributed by atoms with E-state index in [4.69, 9.17) is 4.74 Å². The molecule has 28 heavy (non-hydrogen) atoms. The number of carbonyl (C=O) groups excluding carboxylic acids is 1. The third kappa shape index (κ3) is 3.68. The normalized spacial score (nSPS) is 11.1. The van der Waals surface area contributed by atoms with Gasteiger partial charge in [0.15, 0.2) is 0 Å². The first-order valence-corrected chi connectivity index (χ1v) is 9.76. The average Bonchev–Trinajstić information content (AvgIpc) is 3.24. The van der Waals surface area contributed by atoms with Gasteiger partial charge in [-0.15, -0.1) is 11.3 Å². The second-order valence-corrected chi connectivity index (χ2v) is 7.76. The molecule has 0 radical (unpaired) electrons. The number of ether oxygens (including phenoxy) is 1. The van der Waals surface area contributed by atoms with Crippen LogP contribution in [-0.4, -0.2) is 15.7 Å². The van der Waals surface area contributed by atoms with Gasteiger partial charge in [0.25, 0.3) is 0 Å². The van der Waals surface area contributed by atoms with Crippen LogP contribution < -0.4 is 0 Å². The standard InChI is InChI=1S/C22H19FN2O2S/c1-14-7-9-16(10-8-14)12-25-21-18(15(2)24-25)11-20(28-21)22(26)27-13-17-5-3-4-6-19(17)23/h3-11H,12-13H2,1-2H3. The van der Waals surface area contributed by atoms with Crippen LogP contribution >= 0.6 is 11.3 Å². The molecule has 142 valence electrons. The summed E-state index contributed by atoms with van der Waals surface area (Å²) in [6.45, 7) is 4.52. The van der Waals surface area contributed by atoms with Gasteiger partial charge in [-0.05, 0) is 31.5 Å². The molecule has 0 aliphatic rings. The fourth-order valence-corrected chi connectivity index (χ4v) is 4.07. The summed E-state index contributed by atoms with van der Waals surface area (Å²) >= 11 is 1.35. The summed E-state index contributed by atoms with van der Waals surface area (Å²) in [4.78, 5) is 13.9. The molecule has 0 spiro atoms. The minimum atomic E-state index is -0.453. The maximum absolute atomic E-state index is 13.7. The Morgan fingerprint density at radius 1 is 1.14 bits per heavy atom. The maximum atomic E-state index is 13.7. The summed E-state index contributed by atoms with van der Waals surface area (Å²) in [5.41, 5.74) is 3.58. The first-order chi connectivity index (χ1) is 13.5. The van der Waals surface area contributed by atoms with Crippen LogP contribution in [0.25, 0.3) is 10.2 Å². The molecule has 6 heteroatoms. The van der Waals surface area contributed by atoms with Crippen LogP contribution in [0.4, 0.5) is 4.39 Å². The van der Waals surface area contributed by atoms with Gasteiger partial charge >= 0.3 is 5.97 Å². The Labute approximate surface area is 166 Å². The fraction of sp³-hybridized carbons (Fsp3) is 0.182. The summed E-state index contributed by atoms with van der Waals surface area (Å²) in [7, 11) is 0. The third-order valence-corrected chi connectivity index (χ3v) is 5.71. The Hall–Kier alpha value is -2.99. The number of esters is 1. The van der Waals surface area contributed by atoms with E-state index in [2.05, 4.69) is 36.3 Å². The lowest BCUT2D eigenvalue weighted by atomic mass is 10.1. The van der Waals surface area contributed by atoms with Gasteiger partial charge in [-0.25, -0.2) is 9.18 Å². The Balaban J connectivity index is 1.55. The first kappa shape index (κ1) is 18.4. The predicted octanol–water partition coefficient (Wildman–Crippen LogP) is 5.26. The lowest BCUT2D eigenvalue weighted by Crippen LogP contribution is -2.04. The number of thiophene rings is 1. The molecule has 2 aromatic carbocycles. The van der Waals surface area contributed by atoms with E-state index < -0.39 is 5.97 Å². The summed E-state index contributed by atoms with van der Waals surface area (Å²) in [6.07, 6.45) is 0. The van der Waals surface area contributed by atoms with E-state index in [0.29, 0.717) is 17.0 Å². The van der Waals surface area contributed by atoms with E-state index in [9.17, 15) is 9.18 Å². The van der Waals surface area contributed by atoms with Gasteiger partial charge in [-0.3, -0.25) is 4.68 Å². The summed E-state index contributed by atoms with van der Waals surface area (Å²) in [6, 6.07) is 16.4. The lowest BCUT2D eigenvalue weighted by Gasteiger charge is -2.05. The SMILES string of the molecule is Cc1ccc(Cn2nc(C)c3cc(C(=O)OCc4ccccc4F)sc32)cc1. The molecule has 2 aromatic heterocycles. The van der Waals surface area contributed by atoms with E-state index in [-0.39, 0.29) is 12.4 Å². The summed E-state index contributed by atoms with van der Waals surface area (Å²) in [5.74, 6) is -0.832. The van der Waals surface area contributed by atoms with Gasteiger partial charge in [0, 0.05) is 10.9 Å². The minimum Gasteiger partial charge on any atom is -0.457 e. The van der Waals surface area contributed by atoms with Gasteiger partial charge < -0.3 is 4.74 Å². The van der Waals surface area contributed by atoms with Crippen molar-refractivity contribution in [1.29, 1.82) is 0 Å². The molecule has 0 fully saturated rings. The Morgan fingerprint density at radius 3 is 2.64 bits per heavy atom. The zero-order valence-corrected chi connectivity index (χ0v) is 16.4. The van der Waals surface area contributed by atoms with E-state index in [1.54, 1.807) is 24.3 Å². The van der Waals surface area contributed by atoms with Gasteiger partial charge in [-0.1, -0.05) is 48.0 Å². The van der Waals surface area contributed by atoms with Crippen LogP contribution in [0.1, 0.15) is 32.1 Å². The quantitative estimate of drug-likeness (QED) is 0.434. The van der Waals surface area contributed by atoms with Crippen molar-refractivity contribution in [2.24, 2.45) is 0 Å². The Morgan fingerprint density at radius 2 is 1.89 bits per heavy atom. The Bertz CT molecular complexity index is 1150. The van der Waals surface area contributed by atoms with Crippen molar-refractivity contribution in [3.05, 3.63) is 87.7 Å². The van der Waals surface area contributed by atoms with Crippen LogP contribution in [0, 0.1) is 19.7 Å². The summed E-state index contributed by atoms with van der Waals surface area (Å²) < 4.78 is 20.9. The molecule has 0 unspecified atom stereocenters. The second-order valence-electron chi connectivity index (χ2n) is 6.73. The van der Waals surface area contributed by atoms with Crippen LogP contribution in [0.2, 0.25) is 0 Å². The molecule has 0 saturated heterocycles. The van der Waals surface area contributed by atoms with E-state index >= 15 is 0 Å². The van der Waals surface area contributed by atoms with Crippen LogP contribution in [-0.2, 0) is 17.9 Å². The Kier molecular flexibility index (Phi) is 4.96. The smallest absolute Gasteiger partial charge is 0.348 e. The van der Waals surface area contributed by atoms with Gasteiger partial charge in [0.1, 0.15) is 22.1 Å². The third-order valence-electron chi connectivity index (χ3n) is 4.58. The highest BCUT2D eigenvalue weighted by molar-refractivity contribution is 7.20. The zero-order valence-electron chi connectivity index (χ0n) is 15.6. The highest BCUT2D eigenvalue weighted by Crippen LogP contribution is 2.29. The highest BCUT2D eigenvalue weighted by atomic mass is 32.1. The largest absolute Gasteiger partial charge is 0.457 e. The van der Waals surface area contributed by atoms with Crippen LogP contribution in [0.15, 0.2) is 54.6 Å². The molecule has 4 aromatic rings. The fourth-order valence-electron chi connectivity index (χ4n) is 3.02. The van der Waals surface area contributed by atoms with Gasteiger partial charge in [0.2, 0.25) is 0 Å². The molecule has 0 aliphatic carbocycles. The minimum absolute atomic E-state index is 0.0891. The van der Waals surface area contributed by atoms with Crippen molar-refractivity contribution in [3.8, 4) is 0 Å². The molecule has 0 saturated carbocycles. The molecule has 0 aliphatic heterocycles. The van der Waals surface area contributed by atoms with Crippen molar-refractivity contribution in [1.82, 2.24) is 9.78 Å². The van der Waals surface area contributed by atoms with Gasteiger partial charge in [0.05, 0.1) is 12.2 Å². The number of hydrogen-bond acceptors (Lipinski definition) is 4. The van der Waals surface area contributed by atoms with Crippen molar-refractivity contribution < 1.29 is 13.9 Å². The molecule has 0 bridgehead atoms. The lowest BCUT2D eigenvalue weighted by molar-refractivity contribution is 0.0475. The number of carbonyl (C=O) groups is 1. The summed E-state index contributed by atoms with van der Waals surface area (Å²) in [5, 5.41) is 5.54. The zero-order chi connectivity index (χ0) is 19.7. The first-order valence-electron chi connectivity index (χ1n) is 8.94.